The summed E-state index contributed by atoms with van der Waals surface area (Å²) in [5, 5.41) is 4.85. The predicted octanol–water partition coefficient (Wildman–Crippen LogP) is 7.76. The van der Waals surface area contributed by atoms with Gasteiger partial charge in [0.15, 0.2) is 0 Å². The molecule has 0 bridgehead atoms. The molecule has 0 saturated heterocycles. The van der Waals surface area contributed by atoms with E-state index in [0.717, 1.165) is 10.2 Å². The molecule has 0 saturated carbocycles. The van der Waals surface area contributed by atoms with Gasteiger partial charge in [-0.15, -0.1) is 0 Å². The van der Waals surface area contributed by atoms with Gasteiger partial charge in [0.1, 0.15) is 0 Å². The van der Waals surface area contributed by atoms with Crippen molar-refractivity contribution in [2.45, 2.75) is 0 Å². The molecule has 0 aliphatic heterocycles. The van der Waals surface area contributed by atoms with Crippen molar-refractivity contribution in [3.05, 3.63) is 108 Å². The Kier molecular flexibility index (Phi) is 3.96. The lowest BCUT2D eigenvalue weighted by Crippen LogP contribution is -1.93. The van der Waals surface area contributed by atoms with E-state index in [1.165, 1.54) is 43.7 Å². The molecule has 0 amide bonds. The monoisotopic (exact) mass is 448 g/mol. The van der Waals surface area contributed by atoms with Gasteiger partial charge in [-0.1, -0.05) is 70.5 Å². The van der Waals surface area contributed by atoms with Crippen LogP contribution in [0.15, 0.2) is 108 Å². The molecule has 0 aliphatic rings. The first-order valence-electron chi connectivity index (χ1n) is 9.92. The van der Waals surface area contributed by atoms with Crippen LogP contribution in [-0.2, 0) is 0 Å². The van der Waals surface area contributed by atoms with Crippen LogP contribution in [0.4, 0.5) is 0 Å². The molecule has 3 heteroatoms. The summed E-state index contributed by atoms with van der Waals surface area (Å²) in [5.41, 5.74) is 5.96. The largest absolute Gasteiger partial charge is 0.309 e. The molecule has 0 atom stereocenters. The highest BCUT2D eigenvalue weighted by atomic mass is 79.9. The lowest BCUT2D eigenvalue weighted by Gasteiger charge is -2.10. The molecule has 2 nitrogen and oxygen atoms in total. The molecule has 0 aliphatic carbocycles. The third kappa shape index (κ3) is 2.59. The van der Waals surface area contributed by atoms with Crippen LogP contribution in [0.3, 0.4) is 0 Å². The maximum atomic E-state index is 4.41. The first kappa shape index (κ1) is 17.4. The highest BCUT2D eigenvalue weighted by Gasteiger charge is 2.14. The number of aromatic nitrogens is 2. The lowest BCUT2D eigenvalue weighted by atomic mass is 9.97. The van der Waals surface area contributed by atoms with Crippen LogP contribution in [0.2, 0.25) is 0 Å². The zero-order chi connectivity index (χ0) is 20.1. The van der Waals surface area contributed by atoms with Gasteiger partial charge in [0.05, 0.1) is 11.0 Å². The van der Waals surface area contributed by atoms with E-state index in [1.54, 1.807) is 0 Å². The van der Waals surface area contributed by atoms with Gasteiger partial charge in [0, 0.05) is 33.3 Å². The molecular weight excluding hydrogens is 432 g/mol. The van der Waals surface area contributed by atoms with Crippen molar-refractivity contribution in [2.24, 2.45) is 0 Å². The van der Waals surface area contributed by atoms with Crippen molar-refractivity contribution in [1.82, 2.24) is 9.55 Å². The van der Waals surface area contributed by atoms with Crippen LogP contribution in [0.5, 0.6) is 0 Å². The highest BCUT2D eigenvalue weighted by molar-refractivity contribution is 9.10. The molecule has 142 valence electrons. The molecule has 6 aromatic rings. The fraction of sp³-hybridized carbons (Fsp3) is 0. The Morgan fingerprint density at radius 3 is 2.27 bits per heavy atom. The quantitative estimate of drug-likeness (QED) is 0.264. The van der Waals surface area contributed by atoms with Gasteiger partial charge in [-0.05, 0) is 58.3 Å². The second-order valence-electron chi connectivity index (χ2n) is 7.44. The number of para-hydroxylation sites is 1. The summed E-state index contributed by atoms with van der Waals surface area (Å²) in [7, 11) is 0. The van der Waals surface area contributed by atoms with Crippen molar-refractivity contribution in [2.75, 3.05) is 0 Å². The minimum atomic E-state index is 1.12. The Morgan fingerprint density at radius 1 is 0.633 bits per heavy atom. The van der Waals surface area contributed by atoms with Gasteiger partial charge in [0.2, 0.25) is 0 Å². The number of pyridine rings is 1. The number of nitrogens with zero attached hydrogens (tertiary/aromatic N) is 2. The Hall–Kier alpha value is -3.43. The Balaban J connectivity index is 1.68. The second kappa shape index (κ2) is 6.82. The highest BCUT2D eigenvalue weighted by Crippen LogP contribution is 2.37. The predicted molar refractivity (Wildman–Crippen MR) is 129 cm³/mol. The average molecular weight is 449 g/mol. The number of fused-ring (bicyclic) bond motifs is 4. The molecule has 0 unspecified atom stereocenters. The molecule has 6 rings (SSSR count). The minimum absolute atomic E-state index is 1.12. The summed E-state index contributed by atoms with van der Waals surface area (Å²) in [5.74, 6) is 0. The van der Waals surface area contributed by atoms with Crippen molar-refractivity contribution < 1.29 is 0 Å². The Bertz CT molecular complexity index is 1550. The van der Waals surface area contributed by atoms with E-state index < -0.39 is 0 Å². The van der Waals surface area contributed by atoms with Gasteiger partial charge in [-0.2, -0.15) is 0 Å². The summed E-state index contributed by atoms with van der Waals surface area (Å²) in [6.07, 6.45) is 3.84. The maximum absolute atomic E-state index is 4.41. The second-order valence-corrected chi connectivity index (χ2v) is 8.29. The number of benzene rings is 4. The summed E-state index contributed by atoms with van der Waals surface area (Å²) in [4.78, 5) is 4.41. The van der Waals surface area contributed by atoms with Gasteiger partial charge >= 0.3 is 0 Å². The first-order chi connectivity index (χ1) is 14.8. The smallest absolute Gasteiger partial charge is 0.0571 e. The summed E-state index contributed by atoms with van der Waals surface area (Å²) in [6, 6.07) is 32.2. The fourth-order valence-electron chi connectivity index (χ4n) is 4.40. The number of halogens is 1. The minimum Gasteiger partial charge on any atom is -0.309 e. The molecule has 30 heavy (non-hydrogen) atoms. The van der Waals surface area contributed by atoms with Crippen molar-refractivity contribution in [3.63, 3.8) is 0 Å². The maximum Gasteiger partial charge on any atom is 0.0571 e. The lowest BCUT2D eigenvalue weighted by molar-refractivity contribution is 1.17. The molecule has 0 radical (unpaired) electrons. The number of hydrogen-bond donors (Lipinski definition) is 0. The van der Waals surface area contributed by atoms with Crippen molar-refractivity contribution in [3.8, 4) is 16.8 Å². The Morgan fingerprint density at radius 2 is 1.40 bits per heavy atom. The van der Waals surface area contributed by atoms with Crippen molar-refractivity contribution >= 4 is 48.5 Å². The van der Waals surface area contributed by atoms with Crippen molar-refractivity contribution in [1.29, 1.82) is 0 Å². The van der Waals surface area contributed by atoms with E-state index in [4.69, 9.17) is 0 Å². The van der Waals surface area contributed by atoms with E-state index in [-0.39, 0.29) is 0 Å². The van der Waals surface area contributed by atoms with Gasteiger partial charge < -0.3 is 4.57 Å². The molecule has 0 N–H and O–H groups in total. The molecule has 4 aromatic carbocycles. The third-order valence-corrected chi connectivity index (χ3v) is 6.45. The summed E-state index contributed by atoms with van der Waals surface area (Å²) < 4.78 is 3.43. The van der Waals surface area contributed by atoms with Crippen LogP contribution >= 0.6 is 15.9 Å². The SMILES string of the molecule is Brc1ccc(-c2ccc3c(c2)c2cnccc2n3-c2ccccc2)c2ccccc12. The topological polar surface area (TPSA) is 17.8 Å². The van der Waals surface area contributed by atoms with E-state index >= 15 is 0 Å². The third-order valence-electron chi connectivity index (χ3n) is 5.76. The normalized spacial score (nSPS) is 11.5. The zero-order valence-electron chi connectivity index (χ0n) is 16.1. The first-order valence-corrected chi connectivity index (χ1v) is 10.7. The van der Waals surface area contributed by atoms with E-state index in [1.807, 2.05) is 12.4 Å². The fourth-order valence-corrected chi connectivity index (χ4v) is 4.88. The molecule has 2 heterocycles. The molecular formula is C27H17BrN2. The molecule has 2 aromatic heterocycles. The van der Waals surface area contributed by atoms with Gasteiger partial charge in [0.25, 0.3) is 0 Å². The zero-order valence-corrected chi connectivity index (χ0v) is 17.7. The van der Waals surface area contributed by atoms with E-state index in [0.29, 0.717) is 0 Å². The van der Waals surface area contributed by atoms with Crippen LogP contribution < -0.4 is 0 Å². The van der Waals surface area contributed by atoms with Crippen LogP contribution in [-0.4, -0.2) is 9.55 Å². The standard InChI is InChI=1S/C27H17BrN2/c28-25-12-11-20(21-8-4-5-9-22(21)25)18-10-13-26-23(16-18)24-17-29-15-14-27(24)30(26)19-6-2-1-3-7-19/h1-17H. The Labute approximate surface area is 182 Å². The van der Waals surface area contributed by atoms with E-state index in [2.05, 4.69) is 116 Å². The summed E-state index contributed by atoms with van der Waals surface area (Å²) >= 11 is 3.69. The van der Waals surface area contributed by atoms with Gasteiger partial charge in [-0.3, -0.25) is 4.98 Å². The molecule has 0 spiro atoms. The number of rotatable bonds is 2. The number of hydrogen-bond acceptors (Lipinski definition) is 1. The van der Waals surface area contributed by atoms with Gasteiger partial charge in [-0.25, -0.2) is 0 Å². The average Bonchev–Trinajstić information content (AvgIpc) is 3.14. The van der Waals surface area contributed by atoms with Crippen LogP contribution in [0, 0.1) is 0 Å². The van der Waals surface area contributed by atoms with Crippen LogP contribution in [0.1, 0.15) is 0 Å². The summed E-state index contributed by atoms with van der Waals surface area (Å²) in [6.45, 7) is 0. The van der Waals surface area contributed by atoms with Crippen LogP contribution in [0.25, 0.3) is 49.4 Å². The molecule has 0 fully saturated rings. The van der Waals surface area contributed by atoms with E-state index in [9.17, 15) is 0 Å².